The molecule has 4 atom stereocenters. The van der Waals surface area contributed by atoms with Crippen molar-refractivity contribution in [2.75, 3.05) is 13.2 Å². The molecule has 0 aromatic rings. The van der Waals surface area contributed by atoms with Gasteiger partial charge in [-0.05, 0) is 29.5 Å². The maximum atomic E-state index is 13.0. The monoisotopic (exact) mass is 901 g/mol. The maximum absolute atomic E-state index is 13.0. The Morgan fingerprint density at radius 3 is 1.62 bits per heavy atom. The van der Waals surface area contributed by atoms with E-state index in [1.807, 2.05) is 0 Å². The summed E-state index contributed by atoms with van der Waals surface area (Å²) in [5.41, 5.74) is -1.07. The summed E-state index contributed by atoms with van der Waals surface area (Å²) in [5.74, 6) is -4.50. The van der Waals surface area contributed by atoms with Gasteiger partial charge in [0.05, 0.1) is 6.61 Å². The Bertz CT molecular complexity index is 1280. The molecule has 47 heavy (non-hydrogen) atoms. The topological polar surface area (TPSA) is 186 Å². The molecule has 1 spiro atoms. The normalized spacial score (nSPS) is 19.3. The van der Waals surface area contributed by atoms with E-state index in [2.05, 4.69) is 10.1 Å². The average Bonchev–Trinajstić information content (AvgIpc) is 3.23. The van der Waals surface area contributed by atoms with Crippen LogP contribution < -0.4 is 0 Å². The van der Waals surface area contributed by atoms with Crippen molar-refractivity contribution in [3.63, 3.8) is 0 Å². The number of carbonyl (C=O) groups is 6. The second kappa shape index (κ2) is 17.0. The third-order valence-electron chi connectivity index (χ3n) is 5.83. The quantitative estimate of drug-likeness (QED) is 0.106. The van der Waals surface area contributed by atoms with Crippen molar-refractivity contribution >= 4 is 104 Å². The van der Waals surface area contributed by atoms with Crippen LogP contribution in [0, 0.1) is 0 Å². The molecule has 0 bridgehead atoms. The minimum absolute atomic E-state index is 0.0102. The molecule has 0 radical (unpaired) electrons. The number of aliphatic imine (C=N–C) groups is 1. The molecule has 0 aromatic heterocycles. The molecule has 22 heteroatoms. The Balaban J connectivity index is 0.00000141. The van der Waals surface area contributed by atoms with E-state index in [-0.39, 0.29) is 12.4 Å². The first-order chi connectivity index (χ1) is 21.2. The molecule has 15 nitrogen and oxygen atoms in total. The number of hydrogen-bond acceptors (Lipinski definition) is 14. The minimum atomic E-state index is -5.42. The van der Waals surface area contributed by atoms with Crippen LogP contribution in [0.15, 0.2) is 10.1 Å². The second-order valence-corrected chi connectivity index (χ2v) is 67.1. The van der Waals surface area contributed by atoms with Crippen molar-refractivity contribution in [1.82, 2.24) is 0 Å². The van der Waals surface area contributed by atoms with E-state index in [4.69, 9.17) is 81.4 Å². The van der Waals surface area contributed by atoms with E-state index < -0.39 is 81.8 Å². The number of amides is 1. The molecule has 0 aromatic carbocycles. The standard InChI is InChI=1S/C25H36N3O12.6ClH.Sb/c1-7-35-24(34)28-23(26-25(27-28)11-9-8-10-12-25)22(40-18(6)33)21(39-17(5)32)20(38-16(4)31)19(37-15(3)30)13-36-14(2)29;;;;;;;/h19-22H,7-13H2,1-6H3;6*1H;/q+1;;;;;;;+5/p-6/t19-,20-,21-,22+;;;;;;;/m1......./s1. The summed E-state index contributed by atoms with van der Waals surface area (Å²) in [6, 6.07) is 0. The van der Waals surface area contributed by atoms with Gasteiger partial charge in [-0.25, -0.2) is 0 Å². The number of carbonyl (C=O) groups excluding carboxylic acids is 6. The Labute approximate surface area is 290 Å². The average molecular weight is 905 g/mol. The van der Waals surface area contributed by atoms with Gasteiger partial charge in [0.15, 0.2) is 18.3 Å². The summed E-state index contributed by atoms with van der Waals surface area (Å²) in [4.78, 5) is 78.0. The Kier molecular flexibility index (Phi) is 15.8. The predicted octanol–water partition coefficient (Wildman–Crippen LogP) is 5.73. The number of halogens is 6. The zero-order valence-corrected chi connectivity index (χ0v) is 33.3. The van der Waals surface area contributed by atoms with Crippen molar-refractivity contribution in [3.8, 4) is 0 Å². The molecule has 2 aliphatic rings. The van der Waals surface area contributed by atoms with E-state index in [0.717, 1.165) is 58.6 Å². The SMILES string of the molecule is CCOC(=O)[N+]1=NC2(CCCCC2)N=C1[C@@H](OC(C)=O)[C@H](OC(C)=O)[C@H](OC(C)=O)[C@@H](COC(C)=O)OC(C)=O.[Cl][Sb-]([Cl])([Cl])([Cl])([Cl])[Cl]. The number of nitrogens with zero attached hydrogens (tertiary/aromatic N) is 3. The molecule has 1 heterocycles. The summed E-state index contributed by atoms with van der Waals surface area (Å²) in [6.45, 7) is 6.28. The first kappa shape index (κ1) is 43.7. The van der Waals surface area contributed by atoms with Crippen LogP contribution in [0.1, 0.15) is 73.6 Å². The van der Waals surface area contributed by atoms with Gasteiger partial charge in [-0.1, -0.05) is 11.5 Å². The molecule has 1 amide bonds. The van der Waals surface area contributed by atoms with Gasteiger partial charge in [-0.15, -0.1) is 0 Å². The second-order valence-electron chi connectivity index (χ2n) is 10.2. The summed E-state index contributed by atoms with van der Waals surface area (Å²) in [7, 11) is 25.0. The predicted molar refractivity (Wildman–Crippen MR) is 173 cm³/mol. The van der Waals surface area contributed by atoms with Crippen molar-refractivity contribution < 1.29 is 61.9 Å². The van der Waals surface area contributed by atoms with E-state index >= 15 is 0 Å². The van der Waals surface area contributed by atoms with Gasteiger partial charge in [-0.2, -0.15) is 4.79 Å². The van der Waals surface area contributed by atoms with Crippen LogP contribution in [0.25, 0.3) is 0 Å². The van der Waals surface area contributed by atoms with Crippen molar-refractivity contribution in [3.05, 3.63) is 0 Å². The summed E-state index contributed by atoms with van der Waals surface area (Å²) >= 11 is 0. The molecule has 1 aliphatic carbocycles. The summed E-state index contributed by atoms with van der Waals surface area (Å²) < 4.78 is 32.7. The van der Waals surface area contributed by atoms with E-state index in [1.165, 1.54) is 0 Å². The van der Waals surface area contributed by atoms with Gasteiger partial charge in [-0.3, -0.25) is 24.0 Å². The zero-order chi connectivity index (χ0) is 36.4. The van der Waals surface area contributed by atoms with E-state index in [0.29, 0.717) is 12.8 Å². The Morgan fingerprint density at radius 2 is 1.19 bits per heavy atom. The number of amidine groups is 1. The molecule has 0 N–H and O–H groups in total. The van der Waals surface area contributed by atoms with Gasteiger partial charge >= 0.3 is 104 Å². The van der Waals surface area contributed by atoms with Crippen LogP contribution in [0.2, 0.25) is 0 Å². The number of esters is 5. The Hall–Kier alpha value is -1.35. The number of azo groups is 2. The number of hydrogen-bond donors (Lipinski definition) is 0. The van der Waals surface area contributed by atoms with E-state index in [1.54, 1.807) is 6.92 Å². The van der Waals surface area contributed by atoms with Crippen LogP contribution in [0.5, 0.6) is 0 Å². The molecular weight excluding hydrogens is 869 g/mol. The molecule has 270 valence electrons. The Morgan fingerprint density at radius 1 is 0.723 bits per heavy atom. The number of ether oxygens (including phenoxy) is 6. The van der Waals surface area contributed by atoms with E-state index in [9.17, 15) is 28.8 Å². The summed E-state index contributed by atoms with van der Waals surface area (Å²) in [5, 5.41) is 4.50. The molecule has 1 saturated carbocycles. The summed E-state index contributed by atoms with van der Waals surface area (Å²) in [6.07, 6.45) is -4.17. The van der Waals surface area contributed by atoms with Crippen LogP contribution in [-0.4, -0.2) is 98.9 Å². The van der Waals surface area contributed by atoms with Gasteiger partial charge in [0.1, 0.15) is 6.61 Å². The molecule has 2 rings (SSSR count). The zero-order valence-electron chi connectivity index (χ0n) is 26.2. The van der Waals surface area contributed by atoms with Crippen LogP contribution in [0.4, 0.5) is 4.79 Å². The molecule has 1 aliphatic heterocycles. The number of rotatable bonds is 11. The fourth-order valence-electron chi connectivity index (χ4n) is 4.45. The van der Waals surface area contributed by atoms with Gasteiger partial charge in [0.2, 0.25) is 6.10 Å². The third-order valence-corrected chi connectivity index (χ3v) is 5.83. The molecule has 0 saturated heterocycles. The molecule has 0 unspecified atom stereocenters. The van der Waals surface area contributed by atoms with Crippen LogP contribution in [-0.2, 0) is 52.4 Å². The fourth-order valence-corrected chi connectivity index (χ4v) is 4.45. The van der Waals surface area contributed by atoms with Crippen molar-refractivity contribution in [1.29, 1.82) is 0 Å². The van der Waals surface area contributed by atoms with Gasteiger partial charge < -0.3 is 28.4 Å². The van der Waals surface area contributed by atoms with Gasteiger partial charge in [0.25, 0.3) is 5.66 Å². The molecule has 1 fully saturated rings. The first-order valence-electron chi connectivity index (χ1n) is 13.9. The van der Waals surface area contributed by atoms with Crippen LogP contribution >= 0.6 is 53.0 Å². The van der Waals surface area contributed by atoms with Gasteiger partial charge in [0, 0.05) is 47.5 Å². The third kappa shape index (κ3) is 18.3. The van der Waals surface area contributed by atoms with Crippen molar-refractivity contribution in [2.45, 2.75) is 104 Å². The van der Waals surface area contributed by atoms with Crippen LogP contribution in [0.3, 0.4) is 0 Å². The first-order valence-corrected chi connectivity index (χ1v) is 33.3. The van der Waals surface area contributed by atoms with Crippen molar-refractivity contribution in [2.24, 2.45) is 10.1 Å². The molecular formula is C25H36Cl6N3O12Sb. The fraction of sp³-hybridized carbons (Fsp3) is 0.720.